The minimum Gasteiger partial charge on any atom is -0.488 e. The van der Waals surface area contributed by atoms with E-state index in [0.29, 0.717) is 29.9 Å². The number of hydrogen-bond acceptors (Lipinski definition) is 3. The third-order valence-corrected chi connectivity index (χ3v) is 3.22. The second-order valence-corrected chi connectivity index (χ2v) is 4.44. The molecule has 0 bridgehead atoms. The molecule has 1 aliphatic rings. The molecule has 0 radical (unpaired) electrons. The van der Waals surface area contributed by atoms with Gasteiger partial charge in [0, 0.05) is 11.1 Å². The fourth-order valence-corrected chi connectivity index (χ4v) is 2.24. The molecule has 19 heavy (non-hydrogen) atoms. The van der Waals surface area contributed by atoms with Crippen molar-refractivity contribution in [3.63, 3.8) is 0 Å². The Balaban J connectivity index is 2.13. The number of para-hydroxylation sites is 1. The maximum Gasteiger partial charge on any atom is 0.197 e. The van der Waals surface area contributed by atoms with Crippen molar-refractivity contribution in [2.45, 2.75) is 13.0 Å². The van der Waals surface area contributed by atoms with E-state index in [1.165, 1.54) is 0 Å². The molecule has 0 saturated carbocycles. The van der Waals surface area contributed by atoms with Gasteiger partial charge in [-0.15, -0.1) is 0 Å². The van der Waals surface area contributed by atoms with Gasteiger partial charge in [-0.05, 0) is 23.8 Å². The van der Waals surface area contributed by atoms with Gasteiger partial charge in [-0.2, -0.15) is 5.26 Å². The van der Waals surface area contributed by atoms with E-state index in [2.05, 4.69) is 6.07 Å². The van der Waals surface area contributed by atoms with Crippen LogP contribution in [0.3, 0.4) is 0 Å². The molecule has 1 heterocycles. The lowest BCUT2D eigenvalue weighted by atomic mass is 9.96. The van der Waals surface area contributed by atoms with Crippen LogP contribution in [0, 0.1) is 11.3 Å². The largest absolute Gasteiger partial charge is 0.488 e. The summed E-state index contributed by atoms with van der Waals surface area (Å²) in [5, 5.41) is 8.74. The molecule has 2 aromatic carbocycles. The summed E-state index contributed by atoms with van der Waals surface area (Å²) < 4.78 is 5.66. The zero-order valence-corrected chi connectivity index (χ0v) is 10.2. The molecule has 2 aromatic rings. The number of fused-ring (bicyclic) bond motifs is 2. The van der Waals surface area contributed by atoms with Crippen LogP contribution in [-0.2, 0) is 13.0 Å². The average molecular weight is 249 g/mol. The average Bonchev–Trinajstić information content (AvgIpc) is 2.58. The molecule has 3 nitrogen and oxygen atoms in total. The van der Waals surface area contributed by atoms with Gasteiger partial charge in [-0.1, -0.05) is 24.3 Å². The Morgan fingerprint density at radius 1 is 1.16 bits per heavy atom. The van der Waals surface area contributed by atoms with Crippen molar-refractivity contribution in [3.8, 4) is 11.8 Å². The number of benzene rings is 2. The predicted molar refractivity (Wildman–Crippen MR) is 70.0 cm³/mol. The Labute approximate surface area is 111 Å². The highest BCUT2D eigenvalue weighted by atomic mass is 16.5. The van der Waals surface area contributed by atoms with Crippen molar-refractivity contribution in [2.75, 3.05) is 0 Å². The van der Waals surface area contributed by atoms with Crippen LogP contribution in [0.4, 0.5) is 0 Å². The zero-order chi connectivity index (χ0) is 13.2. The highest BCUT2D eigenvalue weighted by molar-refractivity contribution is 6.12. The van der Waals surface area contributed by atoms with Crippen LogP contribution in [0.25, 0.3) is 0 Å². The van der Waals surface area contributed by atoms with Crippen LogP contribution in [-0.4, -0.2) is 5.78 Å². The fraction of sp³-hybridized carbons (Fsp3) is 0.125. The molecule has 0 spiro atoms. The second-order valence-electron chi connectivity index (χ2n) is 4.44. The van der Waals surface area contributed by atoms with Crippen molar-refractivity contribution < 1.29 is 9.53 Å². The SMILES string of the molecule is N#CCc1ccc2c(c1)C(=O)c1ccccc1OC2. The minimum absolute atomic E-state index is 0.0390. The van der Waals surface area contributed by atoms with Crippen LogP contribution in [0.1, 0.15) is 27.0 Å². The molecule has 3 heteroatoms. The summed E-state index contributed by atoms with van der Waals surface area (Å²) >= 11 is 0. The maximum atomic E-state index is 12.5. The second kappa shape index (κ2) is 4.58. The van der Waals surface area contributed by atoms with Crippen LogP contribution in [0.15, 0.2) is 42.5 Å². The van der Waals surface area contributed by atoms with Crippen LogP contribution < -0.4 is 4.74 Å². The van der Waals surface area contributed by atoms with Crippen LogP contribution in [0.2, 0.25) is 0 Å². The van der Waals surface area contributed by atoms with E-state index < -0.39 is 0 Å². The number of hydrogen-bond donors (Lipinski definition) is 0. The van der Waals surface area contributed by atoms with Gasteiger partial charge in [0.05, 0.1) is 18.1 Å². The molecular weight excluding hydrogens is 238 g/mol. The Hall–Kier alpha value is -2.60. The van der Waals surface area contributed by atoms with Crippen LogP contribution >= 0.6 is 0 Å². The first-order valence-electron chi connectivity index (χ1n) is 6.05. The molecule has 92 valence electrons. The molecule has 0 unspecified atom stereocenters. The zero-order valence-electron chi connectivity index (χ0n) is 10.2. The molecule has 3 rings (SSSR count). The molecule has 0 aliphatic carbocycles. The molecule has 0 fully saturated rings. The third kappa shape index (κ3) is 1.98. The molecule has 0 N–H and O–H groups in total. The van der Waals surface area contributed by atoms with Gasteiger partial charge in [0.1, 0.15) is 12.4 Å². The van der Waals surface area contributed by atoms with Crippen LogP contribution in [0.5, 0.6) is 5.75 Å². The first kappa shape index (κ1) is 11.5. The quantitative estimate of drug-likeness (QED) is 0.780. The summed E-state index contributed by atoms with van der Waals surface area (Å²) in [4.78, 5) is 12.5. The number of carbonyl (C=O) groups is 1. The summed E-state index contributed by atoms with van der Waals surface area (Å²) in [6.07, 6.45) is 0.309. The topological polar surface area (TPSA) is 50.1 Å². The molecule has 0 atom stereocenters. The van der Waals surface area contributed by atoms with Gasteiger partial charge in [0.15, 0.2) is 5.78 Å². The molecule has 0 amide bonds. The predicted octanol–water partition coefficient (Wildman–Crippen LogP) is 2.88. The third-order valence-electron chi connectivity index (χ3n) is 3.22. The minimum atomic E-state index is -0.0390. The molecular formula is C16H11NO2. The van der Waals surface area contributed by atoms with Crippen molar-refractivity contribution >= 4 is 5.78 Å². The molecule has 0 saturated heterocycles. The molecule has 0 aromatic heterocycles. The summed E-state index contributed by atoms with van der Waals surface area (Å²) in [5.41, 5.74) is 2.94. The first-order valence-corrected chi connectivity index (χ1v) is 6.05. The highest BCUT2D eigenvalue weighted by Gasteiger charge is 2.21. The lowest BCUT2D eigenvalue weighted by molar-refractivity contribution is 0.103. The maximum absolute atomic E-state index is 12.5. The van der Waals surface area contributed by atoms with E-state index in [1.54, 1.807) is 18.2 Å². The Bertz CT molecular complexity index is 698. The van der Waals surface area contributed by atoms with E-state index in [4.69, 9.17) is 10.00 Å². The normalized spacial score (nSPS) is 12.7. The lowest BCUT2D eigenvalue weighted by Gasteiger charge is -2.05. The number of nitriles is 1. The summed E-state index contributed by atoms with van der Waals surface area (Å²) in [6.45, 7) is 0.380. The van der Waals surface area contributed by atoms with Crippen molar-refractivity contribution in [1.29, 1.82) is 5.26 Å². The summed E-state index contributed by atoms with van der Waals surface area (Å²) in [5.74, 6) is 0.577. The smallest absolute Gasteiger partial charge is 0.197 e. The van der Waals surface area contributed by atoms with Gasteiger partial charge in [-0.3, -0.25) is 4.79 Å². The van der Waals surface area contributed by atoms with Gasteiger partial charge >= 0.3 is 0 Å². The van der Waals surface area contributed by atoms with Gasteiger partial charge < -0.3 is 4.74 Å². The van der Waals surface area contributed by atoms with Gasteiger partial charge in [0.2, 0.25) is 0 Å². The lowest BCUT2D eigenvalue weighted by Crippen LogP contribution is -2.03. The fourth-order valence-electron chi connectivity index (χ4n) is 2.24. The monoisotopic (exact) mass is 249 g/mol. The van der Waals surface area contributed by atoms with E-state index in [0.717, 1.165) is 11.1 Å². The van der Waals surface area contributed by atoms with Gasteiger partial charge in [0.25, 0.3) is 0 Å². The van der Waals surface area contributed by atoms with Crippen molar-refractivity contribution in [2.24, 2.45) is 0 Å². The van der Waals surface area contributed by atoms with E-state index >= 15 is 0 Å². The number of nitrogens with zero attached hydrogens (tertiary/aromatic N) is 1. The highest BCUT2D eigenvalue weighted by Crippen LogP contribution is 2.28. The summed E-state index contributed by atoms with van der Waals surface area (Å²) in [7, 11) is 0. The molecule has 1 aliphatic heterocycles. The Morgan fingerprint density at radius 3 is 2.84 bits per heavy atom. The number of carbonyl (C=O) groups excluding carboxylic acids is 1. The van der Waals surface area contributed by atoms with E-state index in [9.17, 15) is 4.79 Å². The van der Waals surface area contributed by atoms with Gasteiger partial charge in [-0.25, -0.2) is 0 Å². The Kier molecular flexibility index (Phi) is 2.77. The first-order chi connectivity index (χ1) is 9.29. The van der Waals surface area contributed by atoms with Crippen molar-refractivity contribution in [3.05, 3.63) is 64.7 Å². The van der Waals surface area contributed by atoms with E-state index in [1.807, 2.05) is 24.3 Å². The number of ether oxygens (including phenoxy) is 1. The summed E-state index contributed by atoms with van der Waals surface area (Å²) in [6, 6.07) is 14.9. The number of rotatable bonds is 1. The standard InChI is InChI=1S/C16H11NO2/c17-8-7-11-5-6-12-10-19-15-4-2-1-3-13(15)16(18)14(12)9-11/h1-6,9H,7,10H2. The Morgan fingerprint density at radius 2 is 2.00 bits per heavy atom. The van der Waals surface area contributed by atoms with Crippen molar-refractivity contribution in [1.82, 2.24) is 0 Å². The van der Waals surface area contributed by atoms with E-state index in [-0.39, 0.29) is 5.78 Å². The number of ketones is 1.